The first kappa shape index (κ1) is 28.3. The minimum Gasteiger partial charge on any atom is -0.489 e. The van der Waals surface area contributed by atoms with Crippen molar-refractivity contribution in [2.24, 2.45) is 0 Å². The van der Waals surface area contributed by atoms with Gasteiger partial charge >= 0.3 is 18.1 Å². The van der Waals surface area contributed by atoms with Gasteiger partial charge in [-0.15, -0.1) is 0 Å². The van der Waals surface area contributed by atoms with Gasteiger partial charge in [0.15, 0.2) is 0 Å². The summed E-state index contributed by atoms with van der Waals surface area (Å²) in [6.45, 7) is -0.114. The summed E-state index contributed by atoms with van der Waals surface area (Å²) in [7, 11) is 0. The number of carbonyl (C=O) groups excluding carboxylic acids is 1. The summed E-state index contributed by atoms with van der Waals surface area (Å²) in [6.07, 6.45) is -5.23. The Kier molecular flexibility index (Phi) is 8.98. The Morgan fingerprint density at radius 2 is 1.79 bits per heavy atom. The molecule has 0 saturated carbocycles. The minimum atomic E-state index is -5.13. The number of hydrogen-bond donors (Lipinski definition) is 2. The normalized spacial score (nSPS) is 15.5. The number of carboxylic acid groups (broad SMARTS) is 1. The zero-order valence-electron chi connectivity index (χ0n) is 20.5. The molecule has 0 radical (unpaired) electrons. The van der Waals surface area contributed by atoms with Gasteiger partial charge in [0, 0.05) is 13.1 Å². The number of fused-ring (bicyclic) bond motifs is 1. The second-order valence-electron chi connectivity index (χ2n) is 8.91. The Hall–Kier alpha value is -3.76. The molecule has 4 rings (SSSR count). The molecule has 1 aliphatic heterocycles. The number of carbonyl (C=O) groups is 2. The maximum Gasteiger partial charge on any atom is 0.490 e. The second-order valence-corrected chi connectivity index (χ2v) is 9.32. The molecule has 0 amide bonds. The number of hydrogen-bond acceptors (Lipinski definition) is 6. The van der Waals surface area contributed by atoms with Crippen LogP contribution in [0.4, 0.5) is 13.2 Å². The van der Waals surface area contributed by atoms with Crippen LogP contribution in [-0.2, 0) is 16.0 Å². The van der Waals surface area contributed by atoms with Gasteiger partial charge in [0.2, 0.25) is 0 Å². The number of alkyl halides is 3. The van der Waals surface area contributed by atoms with Crippen molar-refractivity contribution in [2.75, 3.05) is 19.7 Å². The van der Waals surface area contributed by atoms with Crippen LogP contribution in [0.2, 0.25) is 5.02 Å². The molecule has 0 unspecified atom stereocenters. The fourth-order valence-electron chi connectivity index (χ4n) is 4.08. The summed E-state index contributed by atoms with van der Waals surface area (Å²) in [4.78, 5) is 22.5. The highest BCUT2D eigenvalue weighted by Crippen LogP contribution is 2.32. The van der Waals surface area contributed by atoms with E-state index < -0.39 is 24.2 Å². The van der Waals surface area contributed by atoms with Gasteiger partial charge in [-0.2, -0.15) is 13.2 Å². The number of benzene rings is 3. The Morgan fingerprint density at radius 1 is 1.08 bits per heavy atom. The van der Waals surface area contributed by atoms with E-state index in [1.165, 1.54) is 0 Å². The van der Waals surface area contributed by atoms with Gasteiger partial charge in [-0.1, -0.05) is 41.9 Å². The summed E-state index contributed by atoms with van der Waals surface area (Å²) in [6, 6.07) is 18.8. The smallest absolute Gasteiger partial charge is 0.489 e. The molecule has 3 aromatic carbocycles. The molecule has 0 saturated heterocycles. The van der Waals surface area contributed by atoms with Crippen molar-refractivity contribution in [2.45, 2.75) is 31.2 Å². The molecule has 11 heteroatoms. The number of halogens is 4. The lowest BCUT2D eigenvalue weighted by Crippen LogP contribution is -2.42. The number of esters is 1. The average Bonchev–Trinajstić information content (AvgIpc) is 2.91. The quantitative estimate of drug-likeness (QED) is 0.313. The van der Waals surface area contributed by atoms with E-state index in [1.807, 2.05) is 18.2 Å². The third kappa shape index (κ3) is 7.64. The van der Waals surface area contributed by atoms with Gasteiger partial charge in [-0.25, -0.2) is 9.59 Å². The topological polar surface area (TPSA) is 94.1 Å². The molecule has 0 fully saturated rings. The Labute approximate surface area is 227 Å². The highest BCUT2D eigenvalue weighted by Gasteiger charge is 2.42. The number of aryl methyl sites for hydroxylation is 1. The maximum absolute atomic E-state index is 12.8. The average molecular weight is 564 g/mol. The van der Waals surface area contributed by atoms with Gasteiger partial charge in [0.25, 0.3) is 0 Å². The van der Waals surface area contributed by atoms with Crippen LogP contribution in [0.3, 0.4) is 0 Å². The first-order valence-electron chi connectivity index (χ1n) is 12.1. The van der Waals surface area contributed by atoms with Gasteiger partial charge in [-0.3, -0.25) is 0 Å². The van der Waals surface area contributed by atoms with Crippen molar-refractivity contribution in [3.8, 4) is 22.6 Å². The Bertz CT molecular complexity index is 1320. The predicted octanol–water partition coefficient (Wildman–Crippen LogP) is 5.54. The summed E-state index contributed by atoms with van der Waals surface area (Å²) in [5, 5.41) is 12.4. The standard InChI is InChI=1S/C28H25ClF3NO6/c29-23-3-1-2-4-25(23)37-16-22(39-27(36)28(30,31)32)15-33-14-21-11-9-20-13-19(10-12-24(20)38-21)17-5-7-18(8-6-17)26(34)35/h1-8,10,12-13,21-22,33H,9,11,14-16H2,(H,34,35)/t21-,22+/m1/s1. The lowest BCUT2D eigenvalue weighted by molar-refractivity contribution is -0.205. The Balaban J connectivity index is 1.33. The highest BCUT2D eigenvalue weighted by molar-refractivity contribution is 6.32. The predicted molar refractivity (Wildman–Crippen MR) is 137 cm³/mol. The van der Waals surface area contributed by atoms with Crippen LogP contribution >= 0.6 is 11.6 Å². The molecule has 7 nitrogen and oxygen atoms in total. The highest BCUT2D eigenvalue weighted by atomic mass is 35.5. The molecule has 2 N–H and O–H groups in total. The molecule has 2 atom stereocenters. The van der Waals surface area contributed by atoms with Crippen LogP contribution in [0.1, 0.15) is 22.3 Å². The lowest BCUT2D eigenvalue weighted by atomic mass is 9.96. The summed E-state index contributed by atoms with van der Waals surface area (Å²) >= 11 is 6.03. The first-order valence-corrected chi connectivity index (χ1v) is 12.5. The van der Waals surface area contributed by atoms with Crippen molar-refractivity contribution in [1.29, 1.82) is 0 Å². The number of nitrogens with one attached hydrogen (secondary N) is 1. The molecule has 3 aromatic rings. The first-order chi connectivity index (χ1) is 18.6. The zero-order valence-corrected chi connectivity index (χ0v) is 21.3. The van der Waals surface area contributed by atoms with E-state index in [0.717, 1.165) is 16.7 Å². The Morgan fingerprint density at radius 3 is 2.49 bits per heavy atom. The SMILES string of the molecule is O=C(O)c1ccc(-c2ccc3c(c2)CC[C@H](CNC[C@@H](COc2ccccc2Cl)OC(=O)C(F)(F)F)O3)cc1. The molecular weight excluding hydrogens is 539 g/mol. The molecule has 1 aliphatic rings. The van der Waals surface area contributed by atoms with Crippen molar-refractivity contribution in [3.05, 3.63) is 82.9 Å². The van der Waals surface area contributed by atoms with Crippen LogP contribution in [0.5, 0.6) is 11.5 Å². The molecule has 0 aliphatic carbocycles. The van der Waals surface area contributed by atoms with Crippen molar-refractivity contribution in [3.63, 3.8) is 0 Å². The van der Waals surface area contributed by atoms with Crippen LogP contribution in [-0.4, -0.2) is 55.1 Å². The number of rotatable bonds is 10. The molecule has 206 valence electrons. The summed E-state index contributed by atoms with van der Waals surface area (Å²) in [5.74, 6) is -2.33. The molecule has 39 heavy (non-hydrogen) atoms. The molecule has 0 bridgehead atoms. The van der Waals surface area contributed by atoms with Gasteiger partial charge in [0.1, 0.15) is 30.3 Å². The van der Waals surface area contributed by atoms with E-state index in [4.69, 9.17) is 26.2 Å². The minimum absolute atomic E-state index is 0.0930. The van der Waals surface area contributed by atoms with E-state index in [2.05, 4.69) is 10.1 Å². The monoisotopic (exact) mass is 563 g/mol. The second kappa shape index (κ2) is 12.4. The number of aromatic carboxylic acids is 1. The third-order valence-electron chi connectivity index (χ3n) is 6.07. The van der Waals surface area contributed by atoms with E-state index in [-0.39, 0.29) is 35.6 Å². The number of carboxylic acids is 1. The van der Waals surface area contributed by atoms with Gasteiger partial charge in [0.05, 0.1) is 10.6 Å². The number of para-hydroxylation sites is 1. The maximum atomic E-state index is 12.8. The van der Waals surface area contributed by atoms with Gasteiger partial charge in [-0.05, 0) is 65.9 Å². The van der Waals surface area contributed by atoms with E-state index in [9.17, 15) is 22.8 Å². The van der Waals surface area contributed by atoms with E-state index in [0.29, 0.717) is 25.1 Å². The lowest BCUT2D eigenvalue weighted by Gasteiger charge is -2.27. The van der Waals surface area contributed by atoms with Crippen molar-refractivity contribution >= 4 is 23.5 Å². The van der Waals surface area contributed by atoms with E-state index in [1.54, 1.807) is 48.5 Å². The molecule has 1 heterocycles. The molecule has 0 aromatic heterocycles. The zero-order chi connectivity index (χ0) is 28.0. The van der Waals surface area contributed by atoms with Crippen LogP contribution < -0.4 is 14.8 Å². The van der Waals surface area contributed by atoms with Crippen LogP contribution in [0, 0.1) is 0 Å². The number of ether oxygens (including phenoxy) is 3. The fourth-order valence-corrected chi connectivity index (χ4v) is 4.27. The fraction of sp³-hybridized carbons (Fsp3) is 0.286. The third-order valence-corrected chi connectivity index (χ3v) is 6.38. The summed E-state index contributed by atoms with van der Waals surface area (Å²) in [5.41, 5.74) is 3.01. The van der Waals surface area contributed by atoms with Crippen LogP contribution in [0.25, 0.3) is 11.1 Å². The molecule has 0 spiro atoms. The molecular formula is C28H25ClF3NO6. The van der Waals surface area contributed by atoms with E-state index >= 15 is 0 Å². The van der Waals surface area contributed by atoms with Crippen molar-refractivity contribution < 1.29 is 42.1 Å². The van der Waals surface area contributed by atoms with Crippen LogP contribution in [0.15, 0.2) is 66.7 Å². The van der Waals surface area contributed by atoms with Gasteiger partial charge < -0.3 is 24.6 Å². The summed E-state index contributed by atoms with van der Waals surface area (Å²) < 4.78 is 54.5. The largest absolute Gasteiger partial charge is 0.490 e. The van der Waals surface area contributed by atoms with Crippen molar-refractivity contribution in [1.82, 2.24) is 5.32 Å².